The Morgan fingerprint density at radius 3 is 2.35 bits per heavy atom. The van der Waals surface area contributed by atoms with Gasteiger partial charge in [0.05, 0.1) is 42.2 Å². The molecule has 1 atom stereocenters. The third kappa shape index (κ3) is 6.68. The molecule has 0 unspecified atom stereocenters. The van der Waals surface area contributed by atoms with Gasteiger partial charge in [-0.15, -0.1) is 0 Å². The van der Waals surface area contributed by atoms with E-state index in [1.54, 1.807) is 24.7 Å². The molecule has 0 saturated heterocycles. The SMILES string of the molecule is CCOC(=O)C1=C(c2ccccc2)N=c2s/c(=C\c3cccc(OC)c3OCc3cccc4ccccc34)c(=O)n2[C@@H]1c1ccc(OCC)cc1. The summed E-state index contributed by atoms with van der Waals surface area (Å²) in [7, 11) is 1.59. The van der Waals surface area contributed by atoms with Crippen LogP contribution in [0, 0.1) is 0 Å². The highest BCUT2D eigenvalue weighted by molar-refractivity contribution is 7.07. The van der Waals surface area contributed by atoms with Crippen LogP contribution in [-0.2, 0) is 16.1 Å². The average molecular weight is 697 g/mol. The number of nitrogens with zero attached hydrogens (tertiary/aromatic N) is 2. The molecule has 8 nitrogen and oxygen atoms in total. The lowest BCUT2D eigenvalue weighted by Gasteiger charge is -2.26. The van der Waals surface area contributed by atoms with Crippen molar-refractivity contribution in [1.82, 2.24) is 4.57 Å². The Bertz CT molecular complexity index is 2430. The van der Waals surface area contributed by atoms with Crippen molar-refractivity contribution >= 4 is 39.9 Å². The molecule has 0 aliphatic carbocycles. The zero-order valence-corrected chi connectivity index (χ0v) is 29.3. The molecule has 0 bridgehead atoms. The van der Waals surface area contributed by atoms with Crippen molar-refractivity contribution in [1.29, 1.82) is 0 Å². The summed E-state index contributed by atoms with van der Waals surface area (Å²) < 4.78 is 25.5. The minimum Gasteiger partial charge on any atom is -0.494 e. The molecule has 0 radical (unpaired) electrons. The molecule has 0 N–H and O–H groups in total. The first kappa shape index (κ1) is 33.6. The molecule has 9 heteroatoms. The number of carbonyl (C=O) groups excluding carboxylic acids is 1. The second-order valence-electron chi connectivity index (χ2n) is 11.7. The van der Waals surface area contributed by atoms with E-state index in [2.05, 4.69) is 18.2 Å². The van der Waals surface area contributed by atoms with Crippen LogP contribution >= 0.6 is 11.3 Å². The number of esters is 1. The molecule has 51 heavy (non-hydrogen) atoms. The first-order valence-corrected chi connectivity index (χ1v) is 17.6. The molecule has 0 amide bonds. The van der Waals surface area contributed by atoms with Gasteiger partial charge in [0, 0.05) is 11.1 Å². The second-order valence-corrected chi connectivity index (χ2v) is 12.7. The minimum absolute atomic E-state index is 0.169. The van der Waals surface area contributed by atoms with Gasteiger partial charge in [0.15, 0.2) is 16.3 Å². The van der Waals surface area contributed by atoms with Gasteiger partial charge in [0.1, 0.15) is 12.4 Å². The number of methoxy groups -OCH3 is 1. The lowest BCUT2D eigenvalue weighted by atomic mass is 9.93. The van der Waals surface area contributed by atoms with E-state index in [0.29, 0.717) is 51.1 Å². The number of benzene rings is 5. The summed E-state index contributed by atoms with van der Waals surface area (Å²) in [6.07, 6.45) is 1.80. The van der Waals surface area contributed by atoms with Gasteiger partial charge in [-0.25, -0.2) is 9.79 Å². The number of ether oxygens (including phenoxy) is 4. The monoisotopic (exact) mass is 696 g/mol. The molecular weight excluding hydrogens is 661 g/mol. The zero-order chi connectivity index (χ0) is 35.3. The van der Waals surface area contributed by atoms with Gasteiger partial charge in [0.25, 0.3) is 5.56 Å². The van der Waals surface area contributed by atoms with Crippen molar-refractivity contribution in [3.63, 3.8) is 0 Å². The number of carbonyl (C=O) groups is 1. The molecule has 0 fully saturated rings. The van der Waals surface area contributed by atoms with Crippen molar-refractivity contribution in [2.45, 2.75) is 26.5 Å². The first-order valence-electron chi connectivity index (χ1n) is 16.8. The molecule has 5 aromatic carbocycles. The van der Waals surface area contributed by atoms with E-state index in [1.807, 2.05) is 104 Å². The number of hydrogen-bond donors (Lipinski definition) is 0. The van der Waals surface area contributed by atoms with Gasteiger partial charge in [-0.05, 0) is 60.0 Å². The van der Waals surface area contributed by atoms with E-state index in [1.165, 1.54) is 11.3 Å². The first-order chi connectivity index (χ1) is 25.0. The van der Waals surface area contributed by atoms with Crippen molar-refractivity contribution in [2.75, 3.05) is 20.3 Å². The van der Waals surface area contributed by atoms with Crippen LogP contribution in [-0.4, -0.2) is 30.9 Å². The quantitative estimate of drug-likeness (QED) is 0.135. The van der Waals surface area contributed by atoms with E-state index in [4.69, 9.17) is 23.9 Å². The molecule has 0 spiro atoms. The predicted molar refractivity (Wildman–Crippen MR) is 200 cm³/mol. The fraction of sp³-hybridized carbons (Fsp3) is 0.167. The summed E-state index contributed by atoms with van der Waals surface area (Å²) in [6.45, 7) is 4.66. The number of thiazole rings is 1. The highest BCUT2D eigenvalue weighted by Gasteiger charge is 2.35. The molecule has 0 saturated carbocycles. The van der Waals surface area contributed by atoms with Crippen molar-refractivity contribution < 1.29 is 23.7 Å². The molecule has 1 aliphatic rings. The van der Waals surface area contributed by atoms with Gasteiger partial charge >= 0.3 is 5.97 Å². The van der Waals surface area contributed by atoms with Crippen molar-refractivity contribution in [3.8, 4) is 17.2 Å². The standard InChI is InChI=1S/C42H36N2O6S/c1-4-48-32-23-21-29(22-24-32)38-36(41(46)49-5-2)37(28-14-7-6-8-15-28)43-42-44(38)40(45)35(51-42)25-30-17-12-20-34(47-3)39(30)50-26-31-18-11-16-27-13-9-10-19-33(27)31/h6-25,38H,4-5,26H2,1-3H3/b35-25-/t38-/m1/s1. The maximum absolute atomic E-state index is 14.5. The largest absolute Gasteiger partial charge is 0.494 e. The van der Waals surface area contributed by atoms with Crippen LogP contribution in [0.3, 0.4) is 0 Å². The van der Waals surface area contributed by atoms with Crippen LogP contribution in [0.1, 0.15) is 42.1 Å². The Balaban J connectivity index is 1.39. The van der Waals surface area contributed by atoms with Crippen LogP contribution in [0.15, 0.2) is 131 Å². The number of para-hydroxylation sites is 1. The Morgan fingerprint density at radius 2 is 1.59 bits per heavy atom. The number of hydrogen-bond acceptors (Lipinski definition) is 8. The summed E-state index contributed by atoms with van der Waals surface area (Å²) in [5.74, 6) is 1.21. The molecular formula is C42H36N2O6S. The molecule has 1 aliphatic heterocycles. The van der Waals surface area contributed by atoms with Crippen molar-refractivity contribution in [2.24, 2.45) is 4.99 Å². The van der Waals surface area contributed by atoms with Crippen LogP contribution < -0.4 is 29.1 Å². The van der Waals surface area contributed by atoms with Gasteiger partial charge in [-0.3, -0.25) is 9.36 Å². The third-order valence-electron chi connectivity index (χ3n) is 8.65. The van der Waals surface area contributed by atoms with Crippen LogP contribution in [0.25, 0.3) is 22.5 Å². The fourth-order valence-electron chi connectivity index (χ4n) is 6.34. The Kier molecular flexibility index (Phi) is 9.81. The Labute approximate surface area is 299 Å². The lowest BCUT2D eigenvalue weighted by Crippen LogP contribution is -2.40. The minimum atomic E-state index is -0.805. The van der Waals surface area contributed by atoms with E-state index in [9.17, 15) is 9.59 Å². The lowest BCUT2D eigenvalue weighted by molar-refractivity contribution is -0.138. The van der Waals surface area contributed by atoms with E-state index in [-0.39, 0.29) is 17.7 Å². The van der Waals surface area contributed by atoms with Gasteiger partial charge in [-0.2, -0.15) is 0 Å². The predicted octanol–water partition coefficient (Wildman–Crippen LogP) is 7.08. The highest BCUT2D eigenvalue weighted by Crippen LogP contribution is 2.36. The topological polar surface area (TPSA) is 88.4 Å². The Morgan fingerprint density at radius 1 is 0.843 bits per heavy atom. The van der Waals surface area contributed by atoms with Gasteiger partial charge < -0.3 is 18.9 Å². The summed E-state index contributed by atoms with van der Waals surface area (Å²) >= 11 is 1.25. The zero-order valence-electron chi connectivity index (χ0n) is 28.5. The number of fused-ring (bicyclic) bond motifs is 2. The summed E-state index contributed by atoms with van der Waals surface area (Å²) in [4.78, 5) is 33.8. The Hall–Kier alpha value is -5.93. The summed E-state index contributed by atoms with van der Waals surface area (Å²) in [5, 5.41) is 2.23. The number of rotatable bonds is 11. The second kappa shape index (κ2) is 14.9. The van der Waals surface area contributed by atoms with Gasteiger partial charge in [0.2, 0.25) is 0 Å². The average Bonchev–Trinajstić information content (AvgIpc) is 3.48. The summed E-state index contributed by atoms with van der Waals surface area (Å²) in [6, 6.07) is 36.0. The molecule has 1 aromatic heterocycles. The van der Waals surface area contributed by atoms with E-state index in [0.717, 1.165) is 27.5 Å². The van der Waals surface area contributed by atoms with Gasteiger partial charge in [-0.1, -0.05) is 108 Å². The van der Waals surface area contributed by atoms with Crippen LogP contribution in [0.2, 0.25) is 0 Å². The highest BCUT2D eigenvalue weighted by atomic mass is 32.1. The number of aromatic nitrogens is 1. The normalized spacial score (nSPS) is 14.2. The maximum Gasteiger partial charge on any atom is 0.338 e. The maximum atomic E-state index is 14.5. The van der Waals surface area contributed by atoms with Crippen molar-refractivity contribution in [3.05, 3.63) is 163 Å². The molecule has 6 aromatic rings. The third-order valence-corrected chi connectivity index (χ3v) is 9.63. The van der Waals surface area contributed by atoms with E-state index >= 15 is 0 Å². The molecule has 7 rings (SSSR count). The summed E-state index contributed by atoms with van der Waals surface area (Å²) in [5.41, 5.74) is 3.61. The molecule has 256 valence electrons. The smallest absolute Gasteiger partial charge is 0.338 e. The van der Waals surface area contributed by atoms with Crippen LogP contribution in [0.4, 0.5) is 0 Å². The molecule has 2 heterocycles. The van der Waals surface area contributed by atoms with E-state index < -0.39 is 12.0 Å². The fourth-order valence-corrected chi connectivity index (χ4v) is 7.33. The van der Waals surface area contributed by atoms with Crippen LogP contribution in [0.5, 0.6) is 17.2 Å².